The quantitative estimate of drug-likeness (QED) is 0.517. The van der Waals surface area contributed by atoms with Crippen LogP contribution in [0.25, 0.3) is 0 Å². The maximum absolute atomic E-state index is 13.3. The third-order valence-electron chi connectivity index (χ3n) is 4.26. The van der Waals surface area contributed by atoms with Crippen LogP contribution < -0.4 is 10.1 Å². The number of Topliss-reactive ketones (excluding diaryl/α,β-unsaturated/α-hetero) is 1. The molecule has 0 spiro atoms. The van der Waals surface area contributed by atoms with Crippen molar-refractivity contribution in [1.82, 2.24) is 9.97 Å². The van der Waals surface area contributed by atoms with Crippen molar-refractivity contribution in [3.05, 3.63) is 76.6 Å². The summed E-state index contributed by atoms with van der Waals surface area (Å²) < 4.78 is 45.4. The van der Waals surface area contributed by atoms with Crippen LogP contribution in [0.2, 0.25) is 5.02 Å². The summed E-state index contributed by atoms with van der Waals surface area (Å²) in [7, 11) is 0. The highest BCUT2D eigenvalue weighted by molar-refractivity contribution is 6.31. The summed E-state index contributed by atoms with van der Waals surface area (Å²) in [6.07, 6.45) is -3.85. The van der Waals surface area contributed by atoms with E-state index in [1.165, 1.54) is 31.5 Å². The summed E-state index contributed by atoms with van der Waals surface area (Å²) in [4.78, 5) is 31.3. The molecule has 1 N–H and O–H groups in total. The smallest absolute Gasteiger partial charge is 0.418 e. The van der Waals surface area contributed by atoms with Gasteiger partial charge in [-0.15, -0.1) is 0 Å². The van der Waals surface area contributed by atoms with E-state index in [0.29, 0.717) is 11.3 Å². The maximum Gasteiger partial charge on any atom is 0.418 e. The second kappa shape index (κ2) is 9.78. The van der Waals surface area contributed by atoms with Crippen molar-refractivity contribution in [3.63, 3.8) is 0 Å². The number of nitrogens with one attached hydrogen (secondary N) is 1. The molecule has 0 radical (unpaired) electrons. The van der Waals surface area contributed by atoms with Gasteiger partial charge in [0, 0.05) is 25.8 Å². The molecule has 3 rings (SSSR count). The number of carbonyl (C=O) groups is 2. The molecule has 2 aromatic carbocycles. The lowest BCUT2D eigenvalue weighted by Crippen LogP contribution is -2.14. The Morgan fingerprint density at radius 2 is 1.78 bits per heavy atom. The third kappa shape index (κ3) is 6.27. The molecule has 0 aliphatic heterocycles. The summed E-state index contributed by atoms with van der Waals surface area (Å²) in [5.41, 5.74) is -0.532. The normalized spacial score (nSPS) is 11.2. The predicted octanol–water partition coefficient (Wildman–Crippen LogP) is 5.25. The fourth-order valence-corrected chi connectivity index (χ4v) is 3.28. The van der Waals surface area contributed by atoms with Gasteiger partial charge < -0.3 is 10.1 Å². The standard InChI is InChI=1S/C22H17ClF3N3O3/c1-13(30)29-19-11-20(28-12-27-19)32-17-7-5-14(6-8-17)9-16(31)10-15-3-2-4-18(23)21(15)22(24,25)26/h2-8,11-12H,9-10H2,1H3,(H,27,28,29,30). The number of ketones is 1. The topological polar surface area (TPSA) is 81.2 Å². The highest BCUT2D eigenvalue weighted by Crippen LogP contribution is 2.37. The van der Waals surface area contributed by atoms with Crippen LogP contribution >= 0.6 is 11.6 Å². The molecule has 166 valence electrons. The van der Waals surface area contributed by atoms with Crippen LogP contribution in [0, 0.1) is 0 Å². The molecule has 1 aromatic heterocycles. The number of aromatic nitrogens is 2. The molecular weight excluding hydrogens is 447 g/mol. The van der Waals surface area contributed by atoms with Crippen molar-refractivity contribution in [2.45, 2.75) is 25.9 Å². The number of nitrogens with zero attached hydrogens (tertiary/aromatic N) is 2. The first kappa shape index (κ1) is 23.2. The molecule has 0 unspecified atom stereocenters. The molecule has 3 aromatic rings. The van der Waals surface area contributed by atoms with E-state index in [0.717, 1.165) is 6.07 Å². The number of hydrogen-bond donors (Lipinski definition) is 1. The Kier molecular flexibility index (Phi) is 7.09. The van der Waals surface area contributed by atoms with Crippen LogP contribution in [0.4, 0.5) is 19.0 Å². The first-order chi connectivity index (χ1) is 15.1. The minimum absolute atomic E-state index is 0.0513. The van der Waals surface area contributed by atoms with Crippen molar-refractivity contribution in [3.8, 4) is 11.6 Å². The average Bonchev–Trinajstić information content (AvgIpc) is 2.68. The largest absolute Gasteiger partial charge is 0.439 e. The lowest BCUT2D eigenvalue weighted by atomic mass is 9.98. The SMILES string of the molecule is CC(=O)Nc1cc(Oc2ccc(CC(=O)Cc3cccc(Cl)c3C(F)(F)F)cc2)ncn1. The Bertz CT molecular complexity index is 1140. The van der Waals surface area contributed by atoms with Crippen LogP contribution in [0.3, 0.4) is 0 Å². The van der Waals surface area contributed by atoms with Gasteiger partial charge in [-0.3, -0.25) is 9.59 Å². The minimum Gasteiger partial charge on any atom is -0.439 e. The van der Waals surface area contributed by atoms with Crippen molar-refractivity contribution in [1.29, 1.82) is 0 Å². The van der Waals surface area contributed by atoms with Gasteiger partial charge in [0.25, 0.3) is 0 Å². The number of anilines is 1. The van der Waals surface area contributed by atoms with E-state index in [2.05, 4.69) is 15.3 Å². The van der Waals surface area contributed by atoms with Gasteiger partial charge in [0.15, 0.2) is 0 Å². The van der Waals surface area contributed by atoms with E-state index in [4.69, 9.17) is 16.3 Å². The molecule has 0 saturated carbocycles. The van der Waals surface area contributed by atoms with E-state index in [1.54, 1.807) is 24.3 Å². The molecule has 1 amide bonds. The van der Waals surface area contributed by atoms with Gasteiger partial charge in [0.1, 0.15) is 23.7 Å². The number of carbonyl (C=O) groups excluding carboxylic acids is 2. The molecular formula is C22H17ClF3N3O3. The number of rotatable bonds is 7. The fraction of sp³-hybridized carbons (Fsp3) is 0.182. The molecule has 0 aliphatic rings. The monoisotopic (exact) mass is 463 g/mol. The first-order valence-electron chi connectivity index (χ1n) is 9.34. The maximum atomic E-state index is 13.3. The summed E-state index contributed by atoms with van der Waals surface area (Å²) in [5.74, 6) is 0.228. The molecule has 0 saturated heterocycles. The molecule has 1 heterocycles. The van der Waals surface area contributed by atoms with E-state index in [1.807, 2.05) is 0 Å². The molecule has 6 nitrogen and oxygen atoms in total. The Labute approximate surface area is 186 Å². The molecule has 0 bridgehead atoms. The highest BCUT2D eigenvalue weighted by atomic mass is 35.5. The van der Waals surface area contributed by atoms with Gasteiger partial charge in [0.05, 0.1) is 10.6 Å². The second-order valence-corrected chi connectivity index (χ2v) is 7.24. The van der Waals surface area contributed by atoms with Gasteiger partial charge in [-0.25, -0.2) is 9.97 Å². The van der Waals surface area contributed by atoms with E-state index >= 15 is 0 Å². The zero-order valence-electron chi connectivity index (χ0n) is 16.7. The van der Waals surface area contributed by atoms with Crippen LogP contribution in [0.1, 0.15) is 23.6 Å². The number of hydrogen-bond acceptors (Lipinski definition) is 5. The van der Waals surface area contributed by atoms with Crippen molar-refractivity contribution < 1.29 is 27.5 Å². The van der Waals surface area contributed by atoms with Gasteiger partial charge in [-0.05, 0) is 29.3 Å². The van der Waals surface area contributed by atoms with E-state index in [9.17, 15) is 22.8 Å². The fourth-order valence-electron chi connectivity index (χ4n) is 2.98. The third-order valence-corrected chi connectivity index (χ3v) is 4.58. The van der Waals surface area contributed by atoms with Gasteiger partial charge in [-0.1, -0.05) is 35.9 Å². The van der Waals surface area contributed by atoms with Crippen LogP contribution in [0.15, 0.2) is 54.9 Å². The van der Waals surface area contributed by atoms with Gasteiger partial charge >= 0.3 is 6.18 Å². The predicted molar refractivity (Wildman–Crippen MR) is 112 cm³/mol. The van der Waals surface area contributed by atoms with Crippen molar-refractivity contribution in [2.24, 2.45) is 0 Å². The Morgan fingerprint density at radius 1 is 1.06 bits per heavy atom. The summed E-state index contributed by atoms with van der Waals surface area (Å²) in [6, 6.07) is 11.7. The number of benzene rings is 2. The number of amides is 1. The number of alkyl halides is 3. The first-order valence-corrected chi connectivity index (χ1v) is 9.72. The lowest BCUT2D eigenvalue weighted by Gasteiger charge is -2.14. The molecule has 0 aliphatic carbocycles. The van der Waals surface area contributed by atoms with Crippen LogP contribution in [0.5, 0.6) is 11.6 Å². The average molecular weight is 464 g/mol. The second-order valence-electron chi connectivity index (χ2n) is 6.83. The Hall–Kier alpha value is -3.46. The Balaban J connectivity index is 1.65. The summed E-state index contributed by atoms with van der Waals surface area (Å²) >= 11 is 5.70. The molecule has 32 heavy (non-hydrogen) atoms. The number of halogens is 4. The molecule has 0 fully saturated rings. The van der Waals surface area contributed by atoms with Crippen molar-refractivity contribution in [2.75, 3.05) is 5.32 Å². The lowest BCUT2D eigenvalue weighted by molar-refractivity contribution is -0.138. The molecule has 10 heteroatoms. The van der Waals surface area contributed by atoms with E-state index in [-0.39, 0.29) is 41.8 Å². The van der Waals surface area contributed by atoms with Gasteiger partial charge in [0.2, 0.25) is 11.8 Å². The zero-order valence-corrected chi connectivity index (χ0v) is 17.5. The minimum atomic E-state index is -4.65. The van der Waals surface area contributed by atoms with E-state index < -0.39 is 16.8 Å². The summed E-state index contributed by atoms with van der Waals surface area (Å²) in [5, 5.41) is 2.08. The van der Waals surface area contributed by atoms with Crippen LogP contribution in [-0.2, 0) is 28.6 Å². The van der Waals surface area contributed by atoms with Crippen LogP contribution in [-0.4, -0.2) is 21.7 Å². The molecule has 0 atom stereocenters. The summed E-state index contributed by atoms with van der Waals surface area (Å²) in [6.45, 7) is 1.35. The van der Waals surface area contributed by atoms with Crippen molar-refractivity contribution >= 4 is 29.1 Å². The highest BCUT2D eigenvalue weighted by Gasteiger charge is 2.36. The Morgan fingerprint density at radius 3 is 2.44 bits per heavy atom. The number of ether oxygens (including phenoxy) is 1. The van der Waals surface area contributed by atoms with Gasteiger partial charge in [-0.2, -0.15) is 13.2 Å². The zero-order chi connectivity index (χ0) is 23.3.